The average Bonchev–Trinajstić information content (AvgIpc) is 2.68. The molecule has 0 aliphatic carbocycles. The van der Waals surface area contributed by atoms with Gasteiger partial charge in [0.25, 0.3) is 0 Å². The van der Waals surface area contributed by atoms with Crippen molar-refractivity contribution in [1.29, 1.82) is 0 Å². The number of hydrogen-bond acceptors (Lipinski definition) is 7. The van der Waals surface area contributed by atoms with Gasteiger partial charge < -0.3 is 19.9 Å². The van der Waals surface area contributed by atoms with Crippen LogP contribution in [0.15, 0.2) is 48.8 Å². The Morgan fingerprint density at radius 1 is 1.03 bits per heavy atom. The van der Waals surface area contributed by atoms with Gasteiger partial charge in [-0.1, -0.05) is 6.07 Å². The maximum Gasteiger partial charge on any atom is 0.345 e. The standard InChI is InChI=1S/C22H21N3O4/c1-13-4-5-15(23)8-17(13)20-24-10-14(11-25-20)12-27-16-6-7-19-18(9-16)21(26)29-22(2,3)28-19/h4-11H,12,23H2,1-3H3. The molecule has 2 aromatic carbocycles. The van der Waals surface area contributed by atoms with Crippen molar-refractivity contribution in [3.05, 3.63) is 65.5 Å². The zero-order valence-electron chi connectivity index (χ0n) is 16.4. The highest BCUT2D eigenvalue weighted by molar-refractivity contribution is 5.94. The Hall–Kier alpha value is -3.61. The van der Waals surface area contributed by atoms with Crippen LogP contribution in [0, 0.1) is 6.92 Å². The van der Waals surface area contributed by atoms with Gasteiger partial charge in [-0.25, -0.2) is 14.8 Å². The van der Waals surface area contributed by atoms with Crippen molar-refractivity contribution < 1.29 is 19.0 Å². The molecule has 3 aromatic rings. The molecule has 7 nitrogen and oxygen atoms in total. The van der Waals surface area contributed by atoms with E-state index in [9.17, 15) is 4.79 Å². The number of cyclic esters (lactones) is 1. The summed E-state index contributed by atoms with van der Waals surface area (Å²) < 4.78 is 16.7. The van der Waals surface area contributed by atoms with Gasteiger partial charge in [-0.05, 0) is 42.8 Å². The van der Waals surface area contributed by atoms with Gasteiger partial charge in [-0.3, -0.25) is 0 Å². The second kappa shape index (κ2) is 7.09. The summed E-state index contributed by atoms with van der Waals surface area (Å²) in [4.78, 5) is 21.0. The molecule has 7 heteroatoms. The van der Waals surface area contributed by atoms with E-state index < -0.39 is 11.8 Å². The van der Waals surface area contributed by atoms with Gasteiger partial charge in [0.2, 0.25) is 5.79 Å². The van der Waals surface area contributed by atoms with Crippen LogP contribution in [0.5, 0.6) is 11.5 Å². The van der Waals surface area contributed by atoms with Crippen molar-refractivity contribution in [2.45, 2.75) is 33.2 Å². The lowest BCUT2D eigenvalue weighted by molar-refractivity contribution is -0.127. The number of carbonyl (C=O) groups is 1. The van der Waals surface area contributed by atoms with E-state index in [1.807, 2.05) is 25.1 Å². The molecule has 1 aliphatic heterocycles. The van der Waals surface area contributed by atoms with E-state index in [0.29, 0.717) is 28.6 Å². The molecule has 0 spiro atoms. The summed E-state index contributed by atoms with van der Waals surface area (Å²) in [6.07, 6.45) is 3.42. The smallest absolute Gasteiger partial charge is 0.345 e. The highest BCUT2D eigenvalue weighted by Crippen LogP contribution is 2.33. The Morgan fingerprint density at radius 3 is 2.55 bits per heavy atom. The zero-order valence-corrected chi connectivity index (χ0v) is 16.4. The summed E-state index contributed by atoms with van der Waals surface area (Å²) in [5.41, 5.74) is 9.61. The van der Waals surface area contributed by atoms with Crippen LogP contribution in [0.2, 0.25) is 0 Å². The van der Waals surface area contributed by atoms with Crippen LogP contribution in [-0.2, 0) is 11.3 Å². The molecule has 1 aliphatic rings. The summed E-state index contributed by atoms with van der Waals surface area (Å²) in [6, 6.07) is 10.7. The minimum Gasteiger partial charge on any atom is -0.489 e. The zero-order chi connectivity index (χ0) is 20.6. The monoisotopic (exact) mass is 391 g/mol. The van der Waals surface area contributed by atoms with Gasteiger partial charge in [0.15, 0.2) is 5.82 Å². The molecule has 0 saturated carbocycles. The second-order valence-electron chi connectivity index (χ2n) is 7.33. The number of nitrogens with two attached hydrogens (primary N) is 1. The van der Waals surface area contributed by atoms with Gasteiger partial charge in [0.05, 0.1) is 0 Å². The summed E-state index contributed by atoms with van der Waals surface area (Å²) >= 11 is 0. The quantitative estimate of drug-likeness (QED) is 0.532. The third-order valence-corrected chi connectivity index (χ3v) is 4.48. The van der Waals surface area contributed by atoms with Gasteiger partial charge in [-0.15, -0.1) is 0 Å². The fraction of sp³-hybridized carbons (Fsp3) is 0.227. The van der Waals surface area contributed by atoms with Crippen molar-refractivity contribution >= 4 is 11.7 Å². The van der Waals surface area contributed by atoms with Gasteiger partial charge in [0.1, 0.15) is 23.7 Å². The summed E-state index contributed by atoms with van der Waals surface area (Å²) in [5.74, 6) is 0.193. The minimum atomic E-state index is -0.979. The highest BCUT2D eigenvalue weighted by atomic mass is 16.7. The van der Waals surface area contributed by atoms with Crippen LogP contribution in [0.4, 0.5) is 5.69 Å². The first kappa shape index (κ1) is 18.7. The number of esters is 1. The molecule has 0 amide bonds. The van der Waals surface area contributed by atoms with E-state index in [0.717, 1.165) is 16.7 Å². The third-order valence-electron chi connectivity index (χ3n) is 4.48. The number of rotatable bonds is 4. The lowest BCUT2D eigenvalue weighted by Crippen LogP contribution is -2.38. The summed E-state index contributed by atoms with van der Waals surface area (Å²) in [7, 11) is 0. The van der Waals surface area contributed by atoms with Crippen LogP contribution in [0.1, 0.15) is 35.3 Å². The molecule has 0 saturated heterocycles. The lowest BCUT2D eigenvalue weighted by Gasteiger charge is -2.31. The molecule has 2 heterocycles. The molecular weight excluding hydrogens is 370 g/mol. The molecule has 2 N–H and O–H groups in total. The Morgan fingerprint density at radius 2 is 1.79 bits per heavy atom. The topological polar surface area (TPSA) is 96.6 Å². The number of nitrogens with zero attached hydrogens (tertiary/aromatic N) is 2. The fourth-order valence-electron chi connectivity index (χ4n) is 3.03. The Kier molecular flexibility index (Phi) is 4.58. The van der Waals surface area contributed by atoms with Crippen LogP contribution < -0.4 is 15.2 Å². The number of benzene rings is 2. The maximum atomic E-state index is 12.2. The SMILES string of the molecule is Cc1ccc(N)cc1-c1ncc(COc2ccc3c(c2)C(=O)OC(C)(C)O3)cn1. The van der Waals surface area contributed by atoms with E-state index in [1.54, 1.807) is 44.4 Å². The van der Waals surface area contributed by atoms with Crippen LogP contribution in [0.25, 0.3) is 11.4 Å². The molecule has 4 rings (SSSR count). The number of hydrogen-bond donors (Lipinski definition) is 1. The number of aromatic nitrogens is 2. The number of aryl methyl sites for hydroxylation is 1. The number of fused-ring (bicyclic) bond motifs is 1. The van der Waals surface area contributed by atoms with E-state index in [4.69, 9.17) is 19.9 Å². The predicted molar refractivity (Wildman–Crippen MR) is 108 cm³/mol. The van der Waals surface area contributed by atoms with Crippen molar-refractivity contribution in [3.63, 3.8) is 0 Å². The van der Waals surface area contributed by atoms with Crippen LogP contribution >= 0.6 is 0 Å². The molecule has 29 heavy (non-hydrogen) atoms. The molecular formula is C22H21N3O4. The summed E-state index contributed by atoms with van der Waals surface area (Å²) in [6.45, 7) is 5.62. The Balaban J connectivity index is 1.47. The Bertz CT molecular complexity index is 1080. The molecule has 0 atom stereocenters. The van der Waals surface area contributed by atoms with Crippen LogP contribution in [0.3, 0.4) is 0 Å². The van der Waals surface area contributed by atoms with Crippen molar-refractivity contribution in [1.82, 2.24) is 9.97 Å². The maximum absolute atomic E-state index is 12.2. The minimum absolute atomic E-state index is 0.260. The largest absolute Gasteiger partial charge is 0.489 e. The molecule has 0 fully saturated rings. The first-order valence-corrected chi connectivity index (χ1v) is 9.17. The third kappa shape index (κ3) is 3.99. The molecule has 0 radical (unpaired) electrons. The van der Waals surface area contributed by atoms with Crippen LogP contribution in [-0.4, -0.2) is 21.7 Å². The molecule has 1 aromatic heterocycles. The number of carbonyl (C=O) groups excluding carboxylic acids is 1. The molecule has 0 bridgehead atoms. The van der Waals surface area contributed by atoms with Crippen molar-refractivity contribution in [2.24, 2.45) is 0 Å². The first-order chi connectivity index (χ1) is 13.8. The molecule has 0 unspecified atom stereocenters. The van der Waals surface area contributed by atoms with Gasteiger partial charge >= 0.3 is 5.97 Å². The van der Waals surface area contributed by atoms with Crippen molar-refractivity contribution in [3.8, 4) is 22.9 Å². The molecule has 148 valence electrons. The Labute approximate surface area is 168 Å². The normalized spacial score (nSPS) is 14.5. The number of ether oxygens (including phenoxy) is 3. The lowest BCUT2D eigenvalue weighted by atomic mass is 10.1. The highest BCUT2D eigenvalue weighted by Gasteiger charge is 2.34. The fourth-order valence-corrected chi connectivity index (χ4v) is 3.03. The van der Waals surface area contributed by atoms with E-state index >= 15 is 0 Å². The van der Waals surface area contributed by atoms with Gasteiger partial charge in [0, 0.05) is 43.1 Å². The van der Waals surface area contributed by atoms with E-state index in [2.05, 4.69) is 9.97 Å². The van der Waals surface area contributed by atoms with Crippen molar-refractivity contribution in [2.75, 3.05) is 5.73 Å². The average molecular weight is 391 g/mol. The summed E-state index contributed by atoms with van der Waals surface area (Å²) in [5, 5.41) is 0. The first-order valence-electron chi connectivity index (χ1n) is 9.17. The second-order valence-corrected chi connectivity index (χ2v) is 7.33. The van der Waals surface area contributed by atoms with E-state index in [-0.39, 0.29) is 6.61 Å². The van der Waals surface area contributed by atoms with E-state index in [1.165, 1.54) is 0 Å². The van der Waals surface area contributed by atoms with Gasteiger partial charge in [-0.2, -0.15) is 0 Å². The number of anilines is 1. The number of nitrogen functional groups attached to an aromatic ring is 1. The predicted octanol–water partition coefficient (Wildman–Crippen LogP) is 3.90.